The Bertz CT molecular complexity index is 2620. The lowest BCUT2D eigenvalue weighted by molar-refractivity contribution is 0.210. The highest BCUT2D eigenvalue weighted by Crippen LogP contribution is 2.35. The fourth-order valence-electron chi connectivity index (χ4n) is 9.25. The molecular weight excluding hydrogens is 843 g/mol. The maximum Gasteiger partial charge on any atom is 0.269 e. The minimum Gasteiger partial charge on any atom is -0.396 e. The minimum absolute atomic E-state index is 0.0548. The van der Waals surface area contributed by atoms with E-state index < -0.39 is 30.2 Å². The zero-order chi connectivity index (χ0) is 43.7. The van der Waals surface area contributed by atoms with E-state index in [4.69, 9.17) is 4.55 Å². The van der Waals surface area contributed by atoms with Gasteiger partial charge in [0, 0.05) is 58.3 Å². The maximum absolute atomic E-state index is 13.2. The summed E-state index contributed by atoms with van der Waals surface area (Å²) in [5.74, 6) is 2.00. The van der Waals surface area contributed by atoms with Gasteiger partial charge in [0.25, 0.3) is 20.1 Å². The van der Waals surface area contributed by atoms with Crippen LogP contribution in [0.5, 0.6) is 0 Å². The number of H-pyrrole nitrogens is 1. The maximum atomic E-state index is 13.2. The van der Waals surface area contributed by atoms with Crippen molar-refractivity contribution in [2.45, 2.75) is 82.2 Å². The van der Waals surface area contributed by atoms with E-state index in [1.165, 1.54) is 16.5 Å². The van der Waals surface area contributed by atoms with Gasteiger partial charge in [-0.2, -0.15) is 8.42 Å². The lowest BCUT2D eigenvalue weighted by atomic mass is 9.86. The van der Waals surface area contributed by atoms with Crippen molar-refractivity contribution in [2.75, 3.05) is 55.1 Å². The van der Waals surface area contributed by atoms with Gasteiger partial charge in [0.2, 0.25) is 10.0 Å². The molecule has 8 rings (SSSR count). The molecule has 1 aromatic carbocycles. The first kappa shape index (κ1) is 44.8. The highest BCUT2D eigenvalue weighted by atomic mass is 32.2. The van der Waals surface area contributed by atoms with E-state index in [9.17, 15) is 30.4 Å². The van der Waals surface area contributed by atoms with Crippen molar-refractivity contribution in [3.05, 3.63) is 67.0 Å². The standard InChI is InChI=1S/C21H26N4O5S2.C20H31N5O3S/c1-15-3-9-18(10-4-15)32(29,30)25-12-11-19-20(22-14-23-21(19)25)24(2)17-7-5-16(6-8-17)13-31(26,27)28;1-14-9-25(10-16(14)11-26)29(27,28)12-15-3-5-17(6-4-15)24(2)20-18-7-8-21-19(18)22-13-23-20/h3-4,9-12,14,16-17H,5-8,13H2,1-2H3,(H,26,27,28);7-8,13-17,26H,3-6,9-12H2,1-2H3,(H,21,22,23)/t16-,17-;14-,15-,16+,17-/m.0/s1. The second kappa shape index (κ2) is 18.3. The second-order valence-corrected chi connectivity index (χ2v) is 22.5. The summed E-state index contributed by atoms with van der Waals surface area (Å²) in [5.41, 5.74) is 2.11. The van der Waals surface area contributed by atoms with Crippen LogP contribution in [0.15, 0.2) is 66.3 Å². The number of aryl methyl sites for hydroxylation is 1. The molecule has 20 heteroatoms. The van der Waals surface area contributed by atoms with E-state index in [2.05, 4.69) is 36.9 Å². The number of anilines is 2. The van der Waals surface area contributed by atoms with E-state index in [0.29, 0.717) is 48.8 Å². The van der Waals surface area contributed by atoms with Gasteiger partial charge in [-0.3, -0.25) is 4.55 Å². The summed E-state index contributed by atoms with van der Waals surface area (Å²) in [6.45, 7) is 4.96. The van der Waals surface area contributed by atoms with Crippen LogP contribution in [0.4, 0.5) is 11.6 Å². The summed E-state index contributed by atoms with van der Waals surface area (Å²) in [4.78, 5) is 24.9. The summed E-state index contributed by atoms with van der Waals surface area (Å²) in [6.07, 6.45) is 12.9. The quantitative estimate of drug-likeness (QED) is 0.144. The van der Waals surface area contributed by atoms with Gasteiger partial charge in [0.05, 0.1) is 27.2 Å². The average molecular weight is 900 g/mol. The van der Waals surface area contributed by atoms with Gasteiger partial charge in [0.1, 0.15) is 29.9 Å². The number of aliphatic hydroxyl groups excluding tert-OH is 1. The lowest BCUT2D eigenvalue weighted by Crippen LogP contribution is -2.39. The van der Waals surface area contributed by atoms with E-state index >= 15 is 0 Å². The van der Waals surface area contributed by atoms with Crippen LogP contribution in [0.2, 0.25) is 0 Å². The largest absolute Gasteiger partial charge is 0.396 e. The molecule has 0 unspecified atom stereocenters. The number of aromatic nitrogens is 6. The molecule has 332 valence electrons. The third kappa shape index (κ3) is 10.0. The number of sulfonamides is 1. The van der Waals surface area contributed by atoms with Crippen molar-refractivity contribution < 1.29 is 34.9 Å². The minimum atomic E-state index is -3.97. The number of aliphatic hydroxyl groups is 1. The molecule has 2 atom stereocenters. The van der Waals surface area contributed by atoms with Crippen LogP contribution < -0.4 is 9.80 Å². The van der Waals surface area contributed by atoms with Crippen LogP contribution in [0, 0.1) is 30.6 Å². The van der Waals surface area contributed by atoms with E-state index in [0.717, 1.165) is 60.9 Å². The lowest BCUT2D eigenvalue weighted by Gasteiger charge is -2.35. The Morgan fingerprint density at radius 2 is 1.31 bits per heavy atom. The molecule has 1 aliphatic heterocycles. The summed E-state index contributed by atoms with van der Waals surface area (Å²) < 4.78 is 86.3. The zero-order valence-electron chi connectivity index (χ0n) is 35.1. The van der Waals surface area contributed by atoms with Gasteiger partial charge in [0.15, 0.2) is 5.65 Å². The molecule has 2 aliphatic carbocycles. The fraction of sp³-hybridized carbons (Fsp3) is 0.561. The molecule has 0 bridgehead atoms. The molecule has 2 saturated carbocycles. The Labute approximate surface area is 358 Å². The molecule has 17 nitrogen and oxygen atoms in total. The van der Waals surface area contributed by atoms with Crippen LogP contribution in [0.25, 0.3) is 22.1 Å². The van der Waals surface area contributed by atoms with Gasteiger partial charge < -0.3 is 19.9 Å². The van der Waals surface area contributed by atoms with E-state index in [-0.39, 0.29) is 52.7 Å². The van der Waals surface area contributed by atoms with Gasteiger partial charge in [-0.1, -0.05) is 24.6 Å². The number of hydrogen-bond donors (Lipinski definition) is 3. The van der Waals surface area contributed by atoms with Crippen molar-refractivity contribution in [1.82, 2.24) is 33.2 Å². The first-order valence-corrected chi connectivity index (χ1v) is 25.5. The third-order valence-corrected chi connectivity index (χ3v) is 17.5. The monoisotopic (exact) mass is 899 g/mol. The Balaban J connectivity index is 0.000000185. The Kier molecular flexibility index (Phi) is 13.4. The molecule has 4 aromatic heterocycles. The van der Waals surface area contributed by atoms with Crippen molar-refractivity contribution in [3.63, 3.8) is 0 Å². The van der Waals surface area contributed by atoms with E-state index in [1.54, 1.807) is 41.0 Å². The number of rotatable bonds is 12. The van der Waals surface area contributed by atoms with Crippen LogP contribution in [-0.4, -0.2) is 125 Å². The highest BCUT2D eigenvalue weighted by Gasteiger charge is 2.38. The zero-order valence-corrected chi connectivity index (χ0v) is 37.5. The van der Waals surface area contributed by atoms with Gasteiger partial charge in [-0.05, 0) is 106 Å². The molecular formula is C41H57N9O8S3. The van der Waals surface area contributed by atoms with Crippen molar-refractivity contribution in [1.29, 1.82) is 0 Å². The molecule has 5 aromatic rings. The average Bonchev–Trinajstić information content (AvgIpc) is 3.99. The molecule has 0 spiro atoms. The van der Waals surface area contributed by atoms with Crippen LogP contribution in [0.1, 0.15) is 63.9 Å². The third-order valence-electron chi connectivity index (χ3n) is 13.0. The number of hydrogen-bond acceptors (Lipinski definition) is 13. The number of nitrogens with zero attached hydrogens (tertiary/aromatic N) is 8. The van der Waals surface area contributed by atoms with Gasteiger partial charge in [-0.25, -0.2) is 45.0 Å². The Hall–Kier alpha value is -4.21. The highest BCUT2D eigenvalue weighted by molar-refractivity contribution is 7.90. The Morgan fingerprint density at radius 1 is 0.738 bits per heavy atom. The van der Waals surface area contributed by atoms with Crippen molar-refractivity contribution in [2.24, 2.45) is 23.7 Å². The SMILES string of the molecule is C[C@H]1CN(S(=O)(=O)C[C@H]2CC[C@H](N(C)c3ncnc4[nH]ccc34)CC2)C[C@@H]1CO.Cc1ccc(S(=O)(=O)n2ccc3c(N(C)[C@H]4CC[C@H](CS(=O)(=O)O)CC4)ncnc32)cc1. The molecule has 61 heavy (non-hydrogen) atoms. The first-order chi connectivity index (χ1) is 28.9. The van der Waals surface area contributed by atoms with Crippen molar-refractivity contribution >= 4 is 63.9 Å². The smallest absolute Gasteiger partial charge is 0.269 e. The van der Waals surface area contributed by atoms with Crippen LogP contribution in [-0.2, 0) is 30.2 Å². The predicted octanol–water partition coefficient (Wildman–Crippen LogP) is 4.70. The topological polar surface area (TPSA) is 225 Å². The number of aromatic amines is 1. The van der Waals surface area contributed by atoms with E-state index in [1.807, 2.05) is 38.1 Å². The van der Waals surface area contributed by atoms with Gasteiger partial charge in [-0.15, -0.1) is 0 Å². The van der Waals surface area contributed by atoms with Gasteiger partial charge >= 0.3 is 0 Å². The molecule has 3 N–H and O–H groups in total. The number of benzene rings is 1. The predicted molar refractivity (Wildman–Crippen MR) is 235 cm³/mol. The first-order valence-electron chi connectivity index (χ1n) is 20.9. The fourth-order valence-corrected chi connectivity index (χ4v) is 13.5. The number of nitrogens with one attached hydrogen (secondary N) is 1. The second-order valence-electron chi connectivity index (χ2n) is 17.1. The summed E-state index contributed by atoms with van der Waals surface area (Å²) in [5, 5.41) is 11.1. The summed E-state index contributed by atoms with van der Waals surface area (Å²) in [7, 11) is -7.07. The molecule has 1 saturated heterocycles. The summed E-state index contributed by atoms with van der Waals surface area (Å²) >= 11 is 0. The number of fused-ring (bicyclic) bond motifs is 2. The molecule has 3 aliphatic rings. The molecule has 3 fully saturated rings. The normalized spacial score (nSPS) is 24.1. The summed E-state index contributed by atoms with van der Waals surface area (Å²) in [6, 6.07) is 10.9. The van der Waals surface area contributed by atoms with Crippen molar-refractivity contribution in [3.8, 4) is 0 Å². The molecule has 0 radical (unpaired) electrons. The molecule has 0 amide bonds. The Morgan fingerprint density at radius 3 is 1.89 bits per heavy atom. The van der Waals surface area contributed by atoms with Crippen LogP contribution in [0.3, 0.4) is 0 Å². The van der Waals surface area contributed by atoms with Crippen LogP contribution >= 0.6 is 0 Å². The molecule has 5 heterocycles.